The predicted octanol–water partition coefficient (Wildman–Crippen LogP) is 0.745. The minimum atomic E-state index is -1.62. The van der Waals surface area contributed by atoms with Crippen molar-refractivity contribution in [2.45, 2.75) is 19.3 Å². The van der Waals surface area contributed by atoms with E-state index in [1.807, 2.05) is 0 Å². The molecular formula is C27H18N6O15. The number of carboxylic acids is 3. The van der Waals surface area contributed by atoms with E-state index in [1.165, 1.54) is 0 Å². The second kappa shape index (κ2) is 13.0. The van der Waals surface area contributed by atoms with E-state index in [4.69, 9.17) is 0 Å². The third-order valence-corrected chi connectivity index (χ3v) is 6.51. The fraction of sp³-hybridized carbons (Fsp3) is 0.111. The Bertz CT molecular complexity index is 1990. The van der Waals surface area contributed by atoms with Gasteiger partial charge in [-0.15, -0.1) is 0 Å². The first-order valence-corrected chi connectivity index (χ1v) is 13.0. The van der Waals surface area contributed by atoms with E-state index in [9.17, 15) is 74.4 Å². The number of nitrogens with zero attached hydrogens (tertiary/aromatic N) is 6. The minimum Gasteiger partial charge on any atom is -0.481 e. The zero-order valence-electron chi connectivity index (χ0n) is 23.7. The van der Waals surface area contributed by atoms with Crippen LogP contribution in [-0.4, -0.2) is 61.7 Å². The molecule has 0 unspecified atom stereocenters. The van der Waals surface area contributed by atoms with Gasteiger partial charge in [0.05, 0.1) is 51.1 Å². The molecule has 3 N–H and O–H groups in total. The second-order valence-electron chi connectivity index (χ2n) is 9.91. The van der Waals surface area contributed by atoms with Gasteiger partial charge in [-0.2, -0.15) is 0 Å². The number of rotatable bonds is 12. The Balaban J connectivity index is 2.25. The first-order valence-electron chi connectivity index (χ1n) is 13.0. The molecule has 1 heterocycles. The van der Waals surface area contributed by atoms with Gasteiger partial charge in [-0.25, -0.2) is 28.1 Å². The van der Waals surface area contributed by atoms with Gasteiger partial charge in [-0.3, -0.25) is 44.7 Å². The number of aliphatic carboxylic acids is 3. The van der Waals surface area contributed by atoms with Crippen LogP contribution in [0.4, 0.5) is 17.1 Å². The molecule has 0 amide bonds. The zero-order chi connectivity index (χ0) is 35.6. The van der Waals surface area contributed by atoms with E-state index < -0.39 is 103 Å². The lowest BCUT2D eigenvalue weighted by Crippen LogP contribution is -2.52. The Morgan fingerprint density at radius 1 is 0.479 bits per heavy atom. The van der Waals surface area contributed by atoms with Gasteiger partial charge < -0.3 is 15.3 Å². The van der Waals surface area contributed by atoms with Gasteiger partial charge >= 0.3 is 35.0 Å². The van der Waals surface area contributed by atoms with Crippen LogP contribution in [0, 0.1) is 30.3 Å². The number of aromatic nitrogens is 3. The monoisotopic (exact) mass is 666 g/mol. The smallest absolute Gasteiger partial charge is 0.345 e. The normalized spacial score (nSPS) is 10.8. The summed E-state index contributed by atoms with van der Waals surface area (Å²) in [4.78, 5) is 108. The average Bonchev–Trinajstić information content (AvgIpc) is 2.95. The Labute approximate surface area is 262 Å². The quantitative estimate of drug-likeness (QED) is 0.139. The lowest BCUT2D eigenvalue weighted by atomic mass is 10.1. The summed E-state index contributed by atoms with van der Waals surface area (Å²) in [5, 5.41) is 62.8. The number of hydrogen-bond donors (Lipinski definition) is 3. The van der Waals surface area contributed by atoms with E-state index in [2.05, 4.69) is 0 Å². The molecule has 0 spiro atoms. The van der Waals surface area contributed by atoms with Crippen molar-refractivity contribution in [1.29, 1.82) is 0 Å². The molecule has 0 saturated heterocycles. The van der Waals surface area contributed by atoms with Gasteiger partial charge in [-0.05, 0) is 34.9 Å². The average molecular weight is 666 g/mol. The van der Waals surface area contributed by atoms with E-state index in [0.29, 0.717) is 18.2 Å². The van der Waals surface area contributed by atoms with Crippen LogP contribution in [0.2, 0.25) is 0 Å². The van der Waals surface area contributed by atoms with Crippen LogP contribution < -0.4 is 17.1 Å². The summed E-state index contributed by atoms with van der Waals surface area (Å²) < 4.78 is 0.432. The van der Waals surface area contributed by atoms with Crippen molar-refractivity contribution in [2.75, 3.05) is 0 Å². The maximum atomic E-state index is 14.0. The number of benzene rings is 3. The van der Waals surface area contributed by atoms with Crippen molar-refractivity contribution in [3.8, 4) is 17.1 Å². The standard InChI is InChI=1S/C27H18N6O15/c34-22(35)7-13-1-16(10-19(4-13)31(43)44)28-25(40)29(17-2-14(8-23(36)37)5-20(11-17)32(45)46)27(42)30(26(28)41)18-3-15(9-24(38)39)6-21(12-18)33(47)48/h1-6,10-12H,7-9H2,(H,34,35)(H,36,37)(H,38,39). The highest BCUT2D eigenvalue weighted by Gasteiger charge is 2.25. The van der Waals surface area contributed by atoms with E-state index in [1.54, 1.807) is 0 Å². The molecule has 0 saturated carbocycles. The molecule has 1 aromatic heterocycles. The van der Waals surface area contributed by atoms with Crippen molar-refractivity contribution in [1.82, 2.24) is 13.7 Å². The second-order valence-corrected chi connectivity index (χ2v) is 9.91. The van der Waals surface area contributed by atoms with Crippen LogP contribution in [0.25, 0.3) is 17.1 Å². The molecule has 0 fully saturated rings. The van der Waals surface area contributed by atoms with Crippen LogP contribution in [0.15, 0.2) is 69.0 Å². The molecule has 21 heteroatoms. The molecule has 246 valence electrons. The van der Waals surface area contributed by atoms with Crippen molar-refractivity contribution in [3.63, 3.8) is 0 Å². The number of nitro benzene ring substituents is 3. The first-order chi connectivity index (χ1) is 22.5. The topological polar surface area (TPSA) is 307 Å². The molecule has 4 rings (SSSR count). The molecule has 48 heavy (non-hydrogen) atoms. The van der Waals surface area contributed by atoms with Crippen molar-refractivity contribution in [3.05, 3.63) is 133 Å². The number of non-ortho nitro benzene ring substituents is 3. The van der Waals surface area contributed by atoms with E-state index in [-0.39, 0.29) is 30.4 Å². The van der Waals surface area contributed by atoms with Crippen LogP contribution in [-0.2, 0) is 33.6 Å². The number of carboxylic acid groups (broad SMARTS) is 3. The van der Waals surface area contributed by atoms with Crippen LogP contribution >= 0.6 is 0 Å². The number of hydrogen-bond acceptors (Lipinski definition) is 12. The van der Waals surface area contributed by atoms with Gasteiger partial charge in [0.1, 0.15) is 0 Å². The van der Waals surface area contributed by atoms with Gasteiger partial charge in [0.15, 0.2) is 0 Å². The predicted molar refractivity (Wildman–Crippen MR) is 157 cm³/mol. The molecule has 0 aliphatic heterocycles. The first kappa shape index (κ1) is 33.6. The van der Waals surface area contributed by atoms with Gasteiger partial charge in [0.25, 0.3) is 17.1 Å². The van der Waals surface area contributed by atoms with Crippen LogP contribution in [0.3, 0.4) is 0 Å². The molecule has 0 aliphatic carbocycles. The summed E-state index contributed by atoms with van der Waals surface area (Å²) >= 11 is 0. The fourth-order valence-electron chi connectivity index (χ4n) is 4.71. The maximum Gasteiger partial charge on any atom is 0.345 e. The third kappa shape index (κ3) is 6.98. The Hall–Kier alpha value is -7.32. The van der Waals surface area contributed by atoms with E-state index in [0.717, 1.165) is 36.4 Å². The summed E-state index contributed by atoms with van der Waals surface area (Å²) in [5.41, 5.74) is -10.2. The third-order valence-electron chi connectivity index (χ3n) is 6.51. The molecule has 21 nitrogen and oxygen atoms in total. The summed E-state index contributed by atoms with van der Waals surface area (Å²) in [7, 11) is 0. The minimum absolute atomic E-state index is 0.144. The molecule has 4 aromatic rings. The SMILES string of the molecule is O=C(O)Cc1cc(-n2c(=O)n(-c3cc(CC(=O)O)cc([N+](=O)[O-])c3)c(=O)n(-c3cc(CC(=O)O)cc([N+](=O)[O-])c3)c2=O)cc([N+](=O)[O-])c1. The molecule has 0 aliphatic rings. The summed E-state index contributed by atoms with van der Waals surface area (Å²) in [6, 6.07) is 7.14. The lowest BCUT2D eigenvalue weighted by molar-refractivity contribution is -0.385. The van der Waals surface area contributed by atoms with Crippen molar-refractivity contribution >= 4 is 35.0 Å². The molecule has 0 atom stereocenters. The van der Waals surface area contributed by atoms with Gasteiger partial charge in [-0.1, -0.05) is 0 Å². The molecular weight excluding hydrogens is 648 g/mol. The lowest BCUT2D eigenvalue weighted by Gasteiger charge is -2.16. The van der Waals surface area contributed by atoms with Gasteiger partial charge in [0.2, 0.25) is 0 Å². The Morgan fingerprint density at radius 3 is 0.896 bits per heavy atom. The summed E-state index contributed by atoms with van der Waals surface area (Å²) in [6.07, 6.45) is -2.53. The molecule has 0 radical (unpaired) electrons. The highest BCUT2D eigenvalue weighted by atomic mass is 16.6. The van der Waals surface area contributed by atoms with E-state index >= 15 is 0 Å². The summed E-state index contributed by atoms with van der Waals surface area (Å²) in [5.74, 6) is -4.41. The zero-order valence-corrected chi connectivity index (χ0v) is 23.7. The maximum absolute atomic E-state index is 14.0. The van der Waals surface area contributed by atoms with Crippen molar-refractivity contribution in [2.24, 2.45) is 0 Å². The number of nitro groups is 3. The highest BCUT2D eigenvalue weighted by molar-refractivity contribution is 5.72. The molecule has 3 aromatic carbocycles. The van der Waals surface area contributed by atoms with Gasteiger partial charge in [0, 0.05) is 36.4 Å². The number of carbonyl (C=O) groups is 3. The fourth-order valence-corrected chi connectivity index (χ4v) is 4.71. The molecule has 0 bridgehead atoms. The van der Waals surface area contributed by atoms with Crippen LogP contribution in [0.1, 0.15) is 16.7 Å². The Kier molecular flexibility index (Phi) is 9.06. The largest absolute Gasteiger partial charge is 0.481 e. The summed E-state index contributed by atoms with van der Waals surface area (Å²) in [6.45, 7) is 0. The highest BCUT2D eigenvalue weighted by Crippen LogP contribution is 2.23. The van der Waals surface area contributed by atoms with Crippen molar-refractivity contribution < 1.29 is 44.5 Å². The van der Waals surface area contributed by atoms with Crippen LogP contribution in [0.5, 0.6) is 0 Å². The Morgan fingerprint density at radius 2 is 0.708 bits per heavy atom.